The molecule has 2 saturated heterocycles. The molecule has 5 heteroatoms. The molecule has 0 aromatic carbocycles. The average Bonchev–Trinajstić information content (AvgIpc) is 2.41. The van der Waals surface area contributed by atoms with Crippen molar-refractivity contribution in [3.63, 3.8) is 0 Å². The minimum atomic E-state index is 0.915. The van der Waals surface area contributed by atoms with Crippen LogP contribution in [0.15, 0.2) is 0 Å². The van der Waals surface area contributed by atoms with E-state index in [9.17, 15) is 0 Å². The third-order valence-electron chi connectivity index (χ3n) is 3.31. The fourth-order valence-corrected chi connectivity index (χ4v) is 3.12. The molecule has 0 amide bonds. The minimum Gasteiger partial charge on any atom is -0.379 e. The van der Waals surface area contributed by atoms with E-state index in [0.29, 0.717) is 0 Å². The molecule has 0 radical (unpaired) electrons. The molecule has 0 spiro atoms. The summed E-state index contributed by atoms with van der Waals surface area (Å²) in [5.74, 6) is 2.51. The highest BCUT2D eigenvalue weighted by atomic mass is 32.2. The van der Waals surface area contributed by atoms with E-state index in [1.54, 1.807) is 0 Å². The summed E-state index contributed by atoms with van der Waals surface area (Å²) >= 11 is 2.08. The topological polar surface area (TPSA) is 24.9 Å². The second kappa shape index (κ2) is 8.32. The SMILES string of the molecule is C1CN(CCSCCN2CCOCC2)CCO1. The summed E-state index contributed by atoms with van der Waals surface area (Å²) in [5, 5.41) is 0. The van der Waals surface area contributed by atoms with Gasteiger partial charge in [0.1, 0.15) is 0 Å². The molecule has 17 heavy (non-hydrogen) atoms. The molecule has 0 aromatic rings. The molecule has 0 N–H and O–H groups in total. The van der Waals surface area contributed by atoms with E-state index in [4.69, 9.17) is 9.47 Å². The summed E-state index contributed by atoms with van der Waals surface area (Å²) in [6.45, 7) is 10.6. The van der Waals surface area contributed by atoms with Crippen LogP contribution < -0.4 is 0 Å². The first kappa shape index (κ1) is 13.6. The molecule has 0 atom stereocenters. The summed E-state index contributed by atoms with van der Waals surface area (Å²) in [4.78, 5) is 5.01. The van der Waals surface area contributed by atoms with E-state index in [-0.39, 0.29) is 0 Å². The summed E-state index contributed by atoms with van der Waals surface area (Å²) in [7, 11) is 0. The van der Waals surface area contributed by atoms with Crippen LogP contribution in [-0.2, 0) is 9.47 Å². The number of nitrogens with zero attached hydrogens (tertiary/aromatic N) is 2. The van der Waals surface area contributed by atoms with E-state index in [2.05, 4.69) is 21.6 Å². The molecule has 2 aliphatic heterocycles. The van der Waals surface area contributed by atoms with Gasteiger partial charge < -0.3 is 9.47 Å². The van der Waals surface area contributed by atoms with Gasteiger partial charge in [-0.05, 0) is 0 Å². The number of ether oxygens (including phenoxy) is 2. The Morgan fingerprint density at radius 3 is 1.53 bits per heavy atom. The highest BCUT2D eigenvalue weighted by Crippen LogP contribution is 2.05. The van der Waals surface area contributed by atoms with Gasteiger partial charge in [0.05, 0.1) is 26.4 Å². The minimum absolute atomic E-state index is 0.915. The third kappa shape index (κ3) is 5.57. The van der Waals surface area contributed by atoms with Crippen molar-refractivity contribution in [1.82, 2.24) is 9.80 Å². The second-order valence-electron chi connectivity index (χ2n) is 4.52. The maximum Gasteiger partial charge on any atom is 0.0594 e. The average molecular weight is 260 g/mol. The van der Waals surface area contributed by atoms with Crippen molar-refractivity contribution in [3.05, 3.63) is 0 Å². The van der Waals surface area contributed by atoms with E-state index >= 15 is 0 Å². The molecule has 2 heterocycles. The van der Waals surface area contributed by atoms with Crippen LogP contribution in [0.2, 0.25) is 0 Å². The maximum atomic E-state index is 5.34. The molecule has 0 saturated carbocycles. The smallest absolute Gasteiger partial charge is 0.0594 e. The van der Waals surface area contributed by atoms with Gasteiger partial charge in [0, 0.05) is 50.8 Å². The Kier molecular flexibility index (Phi) is 6.66. The normalized spacial score (nSPS) is 24.0. The van der Waals surface area contributed by atoms with Crippen LogP contribution in [0.5, 0.6) is 0 Å². The van der Waals surface area contributed by atoms with Crippen molar-refractivity contribution < 1.29 is 9.47 Å². The Morgan fingerprint density at radius 1 is 0.706 bits per heavy atom. The zero-order chi connectivity index (χ0) is 11.8. The van der Waals surface area contributed by atoms with Gasteiger partial charge in [0.15, 0.2) is 0 Å². The Balaban J connectivity index is 1.42. The molecule has 0 bridgehead atoms. The van der Waals surface area contributed by atoms with Gasteiger partial charge in [0.2, 0.25) is 0 Å². The molecule has 2 rings (SSSR count). The van der Waals surface area contributed by atoms with E-state index in [1.807, 2.05) is 0 Å². The van der Waals surface area contributed by atoms with Crippen LogP contribution in [-0.4, -0.2) is 87.0 Å². The number of hydrogen-bond donors (Lipinski definition) is 0. The van der Waals surface area contributed by atoms with Crippen LogP contribution in [0.1, 0.15) is 0 Å². The number of hydrogen-bond acceptors (Lipinski definition) is 5. The first-order valence-electron chi connectivity index (χ1n) is 6.63. The molecule has 0 unspecified atom stereocenters. The fourth-order valence-electron chi connectivity index (χ4n) is 2.14. The predicted octanol–water partition coefficient (Wildman–Crippen LogP) is 0.384. The number of rotatable bonds is 6. The molecule has 0 aromatic heterocycles. The monoisotopic (exact) mass is 260 g/mol. The Morgan fingerprint density at radius 2 is 1.12 bits per heavy atom. The molecule has 0 aliphatic carbocycles. The zero-order valence-electron chi connectivity index (χ0n) is 10.6. The van der Waals surface area contributed by atoms with Gasteiger partial charge in [-0.3, -0.25) is 9.80 Å². The van der Waals surface area contributed by atoms with Gasteiger partial charge in [0.25, 0.3) is 0 Å². The quantitative estimate of drug-likeness (QED) is 0.643. The van der Waals surface area contributed by atoms with Gasteiger partial charge >= 0.3 is 0 Å². The first-order chi connectivity index (χ1) is 8.45. The van der Waals surface area contributed by atoms with E-state index < -0.39 is 0 Å². The molecule has 2 fully saturated rings. The molecular formula is C12H24N2O2S. The van der Waals surface area contributed by atoms with Gasteiger partial charge in [-0.15, -0.1) is 0 Å². The van der Waals surface area contributed by atoms with Gasteiger partial charge in [-0.2, -0.15) is 11.8 Å². The molecule has 4 nitrogen and oxygen atoms in total. The number of morpholine rings is 2. The van der Waals surface area contributed by atoms with E-state index in [1.165, 1.54) is 24.6 Å². The summed E-state index contributed by atoms with van der Waals surface area (Å²) in [6, 6.07) is 0. The lowest BCUT2D eigenvalue weighted by Gasteiger charge is -2.27. The largest absolute Gasteiger partial charge is 0.379 e. The van der Waals surface area contributed by atoms with Crippen molar-refractivity contribution in [3.8, 4) is 0 Å². The van der Waals surface area contributed by atoms with Crippen molar-refractivity contribution >= 4 is 11.8 Å². The molecule has 100 valence electrons. The van der Waals surface area contributed by atoms with Gasteiger partial charge in [-0.1, -0.05) is 0 Å². The Hall–Kier alpha value is 0.190. The van der Waals surface area contributed by atoms with Crippen LogP contribution >= 0.6 is 11.8 Å². The standard InChI is InChI=1S/C12H24N2O2S/c1-7-15-8-2-13(1)5-11-17-12-6-14-3-9-16-10-4-14/h1-12H2. The summed E-state index contributed by atoms with van der Waals surface area (Å²) < 4.78 is 10.7. The lowest BCUT2D eigenvalue weighted by molar-refractivity contribution is 0.0404. The zero-order valence-corrected chi connectivity index (χ0v) is 11.4. The highest BCUT2D eigenvalue weighted by molar-refractivity contribution is 7.99. The first-order valence-corrected chi connectivity index (χ1v) is 7.78. The lowest BCUT2D eigenvalue weighted by atomic mass is 10.4. The predicted molar refractivity (Wildman–Crippen MR) is 71.8 cm³/mol. The second-order valence-corrected chi connectivity index (χ2v) is 5.75. The lowest BCUT2D eigenvalue weighted by Crippen LogP contribution is -2.38. The van der Waals surface area contributed by atoms with Crippen molar-refractivity contribution in [1.29, 1.82) is 0 Å². The fraction of sp³-hybridized carbons (Fsp3) is 1.00. The highest BCUT2D eigenvalue weighted by Gasteiger charge is 2.11. The third-order valence-corrected chi connectivity index (χ3v) is 4.25. The van der Waals surface area contributed by atoms with Crippen LogP contribution in [0.3, 0.4) is 0 Å². The summed E-state index contributed by atoms with van der Waals surface area (Å²) in [5.41, 5.74) is 0. The maximum absolute atomic E-state index is 5.34. The Bertz CT molecular complexity index is 175. The van der Waals surface area contributed by atoms with Crippen LogP contribution in [0.4, 0.5) is 0 Å². The molecule has 2 aliphatic rings. The van der Waals surface area contributed by atoms with Gasteiger partial charge in [-0.25, -0.2) is 0 Å². The van der Waals surface area contributed by atoms with Crippen molar-refractivity contribution in [2.24, 2.45) is 0 Å². The van der Waals surface area contributed by atoms with Crippen molar-refractivity contribution in [2.75, 3.05) is 77.2 Å². The van der Waals surface area contributed by atoms with E-state index in [0.717, 1.165) is 52.6 Å². The summed E-state index contributed by atoms with van der Waals surface area (Å²) in [6.07, 6.45) is 0. The van der Waals surface area contributed by atoms with Crippen LogP contribution in [0, 0.1) is 0 Å². The van der Waals surface area contributed by atoms with Crippen molar-refractivity contribution in [2.45, 2.75) is 0 Å². The molecular weight excluding hydrogens is 236 g/mol. The van der Waals surface area contributed by atoms with Crippen LogP contribution in [0.25, 0.3) is 0 Å². The number of thioether (sulfide) groups is 1. The Labute approximate surface area is 109 Å².